The van der Waals surface area contributed by atoms with E-state index < -0.39 is 55.5 Å². The Morgan fingerprint density at radius 3 is 1.76 bits per heavy atom. The van der Waals surface area contributed by atoms with E-state index >= 15 is 0 Å². The van der Waals surface area contributed by atoms with Crippen LogP contribution in [0.3, 0.4) is 0 Å². The molecule has 0 radical (unpaired) electrons. The Hall–Kier alpha value is -0.660. The van der Waals surface area contributed by atoms with Gasteiger partial charge in [0.1, 0.15) is 24.4 Å². The number of ether oxygens (including phenoxy) is 3. The molecule has 0 spiro atoms. The van der Waals surface area contributed by atoms with Crippen LogP contribution in [0.1, 0.15) is 0 Å². The maximum atomic E-state index is 12.7. The molecule has 0 aromatic rings. The number of hydrogen-bond acceptors (Lipinski definition) is 6. The smallest absolute Gasteiger partial charge is 0.387 e. The van der Waals surface area contributed by atoms with Crippen molar-refractivity contribution in [3.63, 3.8) is 0 Å². The van der Waals surface area contributed by atoms with E-state index in [0.29, 0.717) is 0 Å². The molecule has 2 aliphatic heterocycles. The molecule has 0 aromatic carbocycles. The second-order valence-electron chi connectivity index (χ2n) is 4.55. The van der Waals surface area contributed by atoms with E-state index in [9.17, 15) is 36.6 Å². The minimum Gasteiger partial charge on any atom is -0.387 e. The van der Waals surface area contributed by atoms with E-state index in [4.69, 9.17) is 5.11 Å². The summed E-state index contributed by atoms with van der Waals surface area (Å²) in [7, 11) is 0. The topological polar surface area (TPSA) is 88.4 Å². The summed E-state index contributed by atoms with van der Waals surface area (Å²) in [4.78, 5) is 0. The summed E-state index contributed by atoms with van der Waals surface area (Å²) in [6.45, 7) is -1.19. The maximum absolute atomic E-state index is 12.7. The second-order valence-corrected chi connectivity index (χ2v) is 4.55. The van der Waals surface area contributed by atoms with Crippen molar-refractivity contribution in [2.75, 3.05) is 6.61 Å². The number of halogens is 6. The first-order valence-electron chi connectivity index (χ1n) is 5.55. The molecule has 0 saturated carbocycles. The summed E-state index contributed by atoms with van der Waals surface area (Å²) in [5.74, 6) is -4.84. The van der Waals surface area contributed by atoms with Crippen LogP contribution in [0.4, 0.5) is 26.3 Å². The lowest BCUT2D eigenvalue weighted by Crippen LogP contribution is -2.58. The van der Waals surface area contributed by atoms with E-state index in [2.05, 4.69) is 14.2 Å². The van der Waals surface area contributed by atoms with Gasteiger partial charge in [-0.15, -0.1) is 0 Å². The third-order valence-electron chi connectivity index (χ3n) is 3.16. The lowest BCUT2D eigenvalue weighted by atomic mass is 10.1. The van der Waals surface area contributed by atoms with Crippen molar-refractivity contribution < 1.29 is 55.9 Å². The van der Waals surface area contributed by atoms with Crippen molar-refractivity contribution in [3.05, 3.63) is 0 Å². The molecule has 21 heavy (non-hydrogen) atoms. The van der Waals surface area contributed by atoms with Crippen LogP contribution in [0.25, 0.3) is 0 Å². The summed E-state index contributed by atoms with van der Waals surface area (Å²) < 4.78 is 88.1. The van der Waals surface area contributed by atoms with E-state index in [1.807, 2.05) is 0 Å². The quantitative estimate of drug-likeness (QED) is 0.571. The average molecular weight is 328 g/mol. The largest absolute Gasteiger partial charge is 0.453 e. The van der Waals surface area contributed by atoms with Gasteiger partial charge in [-0.25, -0.2) is 0 Å². The van der Waals surface area contributed by atoms with E-state index in [1.54, 1.807) is 0 Å². The van der Waals surface area contributed by atoms with Crippen molar-refractivity contribution >= 4 is 0 Å². The molecule has 2 rings (SSSR count). The van der Waals surface area contributed by atoms with Gasteiger partial charge in [-0.2, -0.15) is 26.3 Å². The molecule has 3 N–H and O–H groups in total. The zero-order valence-corrected chi connectivity index (χ0v) is 9.93. The lowest BCUT2D eigenvalue weighted by molar-refractivity contribution is -0.444. The molecular formula is C9H10F6O6. The second kappa shape index (κ2) is 4.93. The Balaban J connectivity index is 2.22. The van der Waals surface area contributed by atoms with Gasteiger partial charge >= 0.3 is 18.1 Å². The number of hydrogen-bond donors (Lipinski definition) is 3. The first kappa shape index (κ1) is 16.7. The standard InChI is InChI=1S/C9H10F6O6/c10-8(11,12)7(9(13,14)15)19-1-2(21-7)5-3(16)4(17)6(18)20-5/h2-6,16-18H,1H2/t2-,3-,4-,5-,6+/m1/s1. The average Bonchev–Trinajstić information content (AvgIpc) is 2.86. The minimum atomic E-state index is -5.92. The molecular weight excluding hydrogens is 318 g/mol. The molecule has 0 unspecified atom stereocenters. The van der Waals surface area contributed by atoms with Crippen LogP contribution in [-0.2, 0) is 14.2 Å². The molecule has 2 heterocycles. The van der Waals surface area contributed by atoms with Crippen molar-refractivity contribution in [2.24, 2.45) is 0 Å². The summed E-state index contributed by atoms with van der Waals surface area (Å²) in [6, 6.07) is 0. The number of aliphatic hydroxyl groups excluding tert-OH is 3. The van der Waals surface area contributed by atoms with Crippen LogP contribution in [0, 0.1) is 0 Å². The van der Waals surface area contributed by atoms with Crippen molar-refractivity contribution in [1.29, 1.82) is 0 Å². The Labute approximate surface area is 112 Å². The lowest BCUT2D eigenvalue weighted by Gasteiger charge is -2.32. The van der Waals surface area contributed by atoms with E-state index in [0.717, 1.165) is 0 Å². The van der Waals surface area contributed by atoms with Gasteiger partial charge in [-0.05, 0) is 0 Å². The summed E-state index contributed by atoms with van der Waals surface area (Å²) >= 11 is 0. The molecule has 6 nitrogen and oxygen atoms in total. The third-order valence-corrected chi connectivity index (χ3v) is 3.16. The predicted molar refractivity (Wildman–Crippen MR) is 48.6 cm³/mol. The SMILES string of the molecule is O[C@@H]1[C@@H](O)[C@@H](O)O[C@@H]1[C@H]1COC(C(F)(F)F)(C(F)(F)F)O1. The van der Waals surface area contributed by atoms with Crippen LogP contribution in [-0.4, -0.2) is 70.8 Å². The fraction of sp³-hybridized carbons (Fsp3) is 1.00. The highest BCUT2D eigenvalue weighted by molar-refractivity contribution is 4.98. The van der Waals surface area contributed by atoms with Gasteiger partial charge in [0, 0.05) is 0 Å². The molecule has 0 amide bonds. The molecule has 124 valence electrons. The molecule has 0 aromatic heterocycles. The molecule has 0 bridgehead atoms. The first-order chi connectivity index (χ1) is 9.41. The highest BCUT2D eigenvalue weighted by atomic mass is 19.4. The van der Waals surface area contributed by atoms with E-state index in [-0.39, 0.29) is 0 Å². The third kappa shape index (κ3) is 2.49. The number of rotatable bonds is 1. The van der Waals surface area contributed by atoms with Gasteiger partial charge in [0.25, 0.3) is 0 Å². The predicted octanol–water partition coefficient (Wildman–Crippen LogP) is -0.338. The first-order valence-corrected chi connectivity index (χ1v) is 5.55. The molecule has 2 saturated heterocycles. The van der Waals surface area contributed by atoms with Gasteiger partial charge in [-0.3, -0.25) is 0 Å². The van der Waals surface area contributed by atoms with Crippen LogP contribution < -0.4 is 0 Å². The zero-order chi connectivity index (χ0) is 16.2. The van der Waals surface area contributed by atoms with Crippen molar-refractivity contribution in [1.82, 2.24) is 0 Å². The molecule has 0 aliphatic carbocycles. The Bertz CT molecular complexity index is 383. The Morgan fingerprint density at radius 1 is 0.905 bits per heavy atom. The van der Waals surface area contributed by atoms with Crippen LogP contribution in [0.2, 0.25) is 0 Å². The fourth-order valence-corrected chi connectivity index (χ4v) is 2.09. The van der Waals surface area contributed by atoms with Crippen LogP contribution in [0.5, 0.6) is 0 Å². The number of aliphatic hydroxyl groups is 3. The zero-order valence-electron chi connectivity index (χ0n) is 9.93. The monoisotopic (exact) mass is 328 g/mol. The van der Waals surface area contributed by atoms with Crippen molar-refractivity contribution in [2.45, 2.75) is 48.8 Å². The van der Waals surface area contributed by atoms with Gasteiger partial charge in [0.15, 0.2) is 6.29 Å². The minimum absolute atomic E-state index is 1.19. The highest BCUT2D eigenvalue weighted by Crippen LogP contribution is 2.51. The highest BCUT2D eigenvalue weighted by Gasteiger charge is 2.78. The van der Waals surface area contributed by atoms with Gasteiger partial charge < -0.3 is 29.5 Å². The summed E-state index contributed by atoms with van der Waals surface area (Å²) in [5, 5.41) is 27.7. The normalized spacial score (nSPS) is 40.7. The Morgan fingerprint density at radius 2 is 1.43 bits per heavy atom. The molecule has 12 heteroatoms. The Kier molecular flexibility index (Phi) is 3.92. The van der Waals surface area contributed by atoms with Crippen molar-refractivity contribution in [3.8, 4) is 0 Å². The van der Waals surface area contributed by atoms with Gasteiger partial charge in [0.2, 0.25) is 0 Å². The maximum Gasteiger partial charge on any atom is 0.453 e. The molecule has 2 fully saturated rings. The van der Waals surface area contributed by atoms with Crippen LogP contribution >= 0.6 is 0 Å². The summed E-state index contributed by atoms with van der Waals surface area (Å²) in [6.07, 6.45) is -21.4. The van der Waals surface area contributed by atoms with Gasteiger partial charge in [-0.1, -0.05) is 0 Å². The fourth-order valence-electron chi connectivity index (χ4n) is 2.09. The van der Waals surface area contributed by atoms with Crippen LogP contribution in [0.15, 0.2) is 0 Å². The molecule has 2 aliphatic rings. The summed E-state index contributed by atoms with van der Waals surface area (Å²) in [5.41, 5.74) is 0. The van der Waals surface area contributed by atoms with Gasteiger partial charge in [0.05, 0.1) is 6.61 Å². The number of alkyl halides is 6. The molecule has 5 atom stereocenters. The van der Waals surface area contributed by atoms with E-state index in [1.165, 1.54) is 0 Å².